The normalized spacial score (nSPS) is 12.8. The van der Waals surface area contributed by atoms with E-state index in [1.54, 1.807) is 25.1 Å². The summed E-state index contributed by atoms with van der Waals surface area (Å²) in [6.45, 7) is 1.93. The lowest BCUT2D eigenvalue weighted by Crippen LogP contribution is -2.18. The predicted octanol–water partition coefficient (Wildman–Crippen LogP) is 1.45. The lowest BCUT2D eigenvalue weighted by Gasteiger charge is -2.08. The second kappa shape index (κ2) is 6.65. The summed E-state index contributed by atoms with van der Waals surface area (Å²) in [5.74, 6) is -0.446. The van der Waals surface area contributed by atoms with Crippen molar-refractivity contribution in [3.05, 3.63) is 30.0 Å². The molecule has 0 atom stereocenters. The smallest absolute Gasteiger partial charge is 0.347 e. The Bertz CT molecular complexity index is 581. The van der Waals surface area contributed by atoms with Gasteiger partial charge in [0.15, 0.2) is 17.1 Å². The van der Waals surface area contributed by atoms with Crippen LogP contribution < -0.4 is 14.8 Å². The number of esters is 2. The summed E-state index contributed by atoms with van der Waals surface area (Å²) in [6.07, 6.45) is 1.22. The number of fused-ring (bicyclic) bond motifs is 1. The largest absolute Gasteiger partial charge is 0.465 e. The van der Waals surface area contributed by atoms with Gasteiger partial charge in [-0.25, -0.2) is 9.59 Å². The van der Waals surface area contributed by atoms with E-state index in [0.29, 0.717) is 17.2 Å². The van der Waals surface area contributed by atoms with E-state index in [2.05, 4.69) is 10.1 Å². The number of anilines is 1. The minimum Gasteiger partial charge on any atom is -0.465 e. The Balaban J connectivity index is 2.22. The van der Waals surface area contributed by atoms with Crippen LogP contribution in [0.1, 0.15) is 6.92 Å². The van der Waals surface area contributed by atoms with Crippen LogP contribution in [0.5, 0.6) is 11.5 Å². The van der Waals surface area contributed by atoms with E-state index in [9.17, 15) is 9.59 Å². The number of carbonyl (C=O) groups excluding carboxylic acids is 2. The first-order chi connectivity index (χ1) is 10.2. The Kier molecular flexibility index (Phi) is 4.65. The molecule has 1 N–H and O–H groups in total. The van der Waals surface area contributed by atoms with E-state index < -0.39 is 11.9 Å². The molecule has 0 amide bonds. The zero-order chi connectivity index (χ0) is 15.2. The van der Waals surface area contributed by atoms with E-state index >= 15 is 0 Å². The first-order valence-corrected chi connectivity index (χ1v) is 6.28. The Hall–Kier alpha value is -2.70. The molecule has 1 heterocycles. The average molecular weight is 293 g/mol. The van der Waals surface area contributed by atoms with Gasteiger partial charge in [0.1, 0.15) is 0 Å². The summed E-state index contributed by atoms with van der Waals surface area (Å²) in [6, 6.07) is 5.24. The SMILES string of the molecule is CCOC(=O)/C(=C/Nc1cccc2c1OCO2)C(=O)OC. The van der Waals surface area contributed by atoms with Crippen molar-refractivity contribution in [1.29, 1.82) is 0 Å². The van der Waals surface area contributed by atoms with Gasteiger partial charge < -0.3 is 24.3 Å². The molecule has 7 heteroatoms. The Morgan fingerprint density at radius 1 is 1.33 bits per heavy atom. The minimum absolute atomic E-state index is 0.124. The molecule has 0 spiro atoms. The van der Waals surface area contributed by atoms with Gasteiger partial charge in [0.2, 0.25) is 6.79 Å². The summed E-state index contributed by atoms with van der Waals surface area (Å²) in [5, 5.41) is 2.83. The summed E-state index contributed by atoms with van der Waals surface area (Å²) in [5.41, 5.74) is 0.326. The highest BCUT2D eigenvalue weighted by atomic mass is 16.7. The molecule has 1 aromatic rings. The molecule has 2 rings (SSSR count). The van der Waals surface area contributed by atoms with Crippen LogP contribution in [0.4, 0.5) is 5.69 Å². The van der Waals surface area contributed by atoms with Gasteiger partial charge >= 0.3 is 11.9 Å². The summed E-state index contributed by atoms with van der Waals surface area (Å²) in [4.78, 5) is 23.3. The fourth-order valence-corrected chi connectivity index (χ4v) is 1.71. The topological polar surface area (TPSA) is 83.1 Å². The molecule has 0 saturated carbocycles. The quantitative estimate of drug-likeness (QED) is 0.381. The molecule has 1 aliphatic rings. The lowest BCUT2D eigenvalue weighted by molar-refractivity contribution is -0.145. The van der Waals surface area contributed by atoms with Crippen molar-refractivity contribution in [2.24, 2.45) is 0 Å². The van der Waals surface area contributed by atoms with Crippen molar-refractivity contribution in [3.63, 3.8) is 0 Å². The van der Waals surface area contributed by atoms with E-state index in [0.717, 1.165) is 0 Å². The molecule has 0 fully saturated rings. The second-order valence-electron chi connectivity index (χ2n) is 3.95. The van der Waals surface area contributed by atoms with Crippen molar-refractivity contribution in [2.45, 2.75) is 6.92 Å². The van der Waals surface area contributed by atoms with Crippen LogP contribution in [0.3, 0.4) is 0 Å². The molecule has 1 aliphatic heterocycles. The Morgan fingerprint density at radius 2 is 2.14 bits per heavy atom. The van der Waals surface area contributed by atoms with Gasteiger partial charge in [-0.1, -0.05) is 6.07 Å². The van der Waals surface area contributed by atoms with Crippen LogP contribution in [0.2, 0.25) is 0 Å². The first-order valence-electron chi connectivity index (χ1n) is 6.28. The summed E-state index contributed by atoms with van der Waals surface area (Å²) in [7, 11) is 1.19. The second-order valence-corrected chi connectivity index (χ2v) is 3.95. The van der Waals surface area contributed by atoms with E-state index in [4.69, 9.17) is 14.2 Å². The molecule has 112 valence electrons. The van der Waals surface area contributed by atoms with Gasteiger partial charge in [-0.05, 0) is 19.1 Å². The van der Waals surface area contributed by atoms with Crippen molar-refractivity contribution in [2.75, 3.05) is 25.8 Å². The van der Waals surface area contributed by atoms with Gasteiger partial charge in [-0.2, -0.15) is 0 Å². The molecule has 7 nitrogen and oxygen atoms in total. The number of hydrogen-bond acceptors (Lipinski definition) is 7. The van der Waals surface area contributed by atoms with Gasteiger partial charge in [0, 0.05) is 6.20 Å². The highest BCUT2D eigenvalue weighted by Crippen LogP contribution is 2.38. The van der Waals surface area contributed by atoms with Crippen LogP contribution >= 0.6 is 0 Å². The fraction of sp³-hybridized carbons (Fsp3) is 0.286. The number of hydrogen-bond donors (Lipinski definition) is 1. The maximum atomic E-state index is 11.7. The Labute approximate surface area is 121 Å². The Morgan fingerprint density at radius 3 is 2.86 bits per heavy atom. The third-order valence-electron chi connectivity index (χ3n) is 2.67. The third kappa shape index (κ3) is 3.25. The standard InChI is InChI=1S/C14H15NO6/c1-3-19-14(17)9(13(16)18-2)7-15-10-5-4-6-11-12(10)21-8-20-11/h4-7,15H,3,8H2,1-2H3/b9-7+. The first kappa shape index (κ1) is 14.7. The molecule has 0 unspecified atom stereocenters. The van der Waals surface area contributed by atoms with Crippen molar-refractivity contribution in [3.8, 4) is 11.5 Å². The predicted molar refractivity (Wildman–Crippen MR) is 72.9 cm³/mol. The molecule has 0 aliphatic carbocycles. The number of para-hydroxylation sites is 1. The number of benzene rings is 1. The van der Waals surface area contributed by atoms with Crippen molar-refractivity contribution >= 4 is 17.6 Å². The van der Waals surface area contributed by atoms with Crippen LogP contribution in [-0.2, 0) is 19.1 Å². The third-order valence-corrected chi connectivity index (χ3v) is 2.67. The lowest BCUT2D eigenvalue weighted by atomic mass is 10.2. The highest BCUT2D eigenvalue weighted by Gasteiger charge is 2.21. The monoisotopic (exact) mass is 293 g/mol. The molecule has 0 radical (unpaired) electrons. The highest BCUT2D eigenvalue weighted by molar-refractivity contribution is 6.14. The van der Waals surface area contributed by atoms with Crippen LogP contribution in [0.15, 0.2) is 30.0 Å². The molecule has 0 aromatic heterocycles. The maximum Gasteiger partial charge on any atom is 0.347 e. The van der Waals surface area contributed by atoms with E-state index in [1.807, 2.05) is 0 Å². The molecular formula is C14H15NO6. The minimum atomic E-state index is -0.786. The van der Waals surface area contributed by atoms with E-state index in [1.165, 1.54) is 13.3 Å². The van der Waals surface area contributed by atoms with Crippen molar-refractivity contribution < 1.29 is 28.5 Å². The van der Waals surface area contributed by atoms with E-state index in [-0.39, 0.29) is 19.0 Å². The summed E-state index contributed by atoms with van der Waals surface area (Å²) >= 11 is 0. The fourth-order valence-electron chi connectivity index (χ4n) is 1.71. The summed E-state index contributed by atoms with van der Waals surface area (Å²) < 4.78 is 19.9. The maximum absolute atomic E-state index is 11.7. The van der Waals surface area contributed by atoms with Crippen LogP contribution in [0, 0.1) is 0 Å². The molecular weight excluding hydrogens is 278 g/mol. The number of nitrogens with one attached hydrogen (secondary N) is 1. The van der Waals surface area contributed by atoms with Crippen molar-refractivity contribution in [1.82, 2.24) is 0 Å². The molecule has 1 aromatic carbocycles. The molecule has 0 saturated heterocycles. The van der Waals surface area contributed by atoms with Crippen LogP contribution in [-0.4, -0.2) is 32.4 Å². The number of rotatable bonds is 5. The number of methoxy groups -OCH3 is 1. The molecule has 0 bridgehead atoms. The number of ether oxygens (including phenoxy) is 4. The average Bonchev–Trinajstić information content (AvgIpc) is 2.96. The van der Waals surface area contributed by atoms with Gasteiger partial charge in [0.25, 0.3) is 0 Å². The van der Waals surface area contributed by atoms with Gasteiger partial charge in [-0.15, -0.1) is 0 Å². The van der Waals surface area contributed by atoms with Gasteiger partial charge in [-0.3, -0.25) is 0 Å². The zero-order valence-corrected chi connectivity index (χ0v) is 11.7. The van der Waals surface area contributed by atoms with Crippen LogP contribution in [0.25, 0.3) is 0 Å². The number of carbonyl (C=O) groups is 2. The van der Waals surface area contributed by atoms with Gasteiger partial charge in [0.05, 0.1) is 19.4 Å². The molecule has 21 heavy (non-hydrogen) atoms. The zero-order valence-electron chi connectivity index (χ0n) is 11.7.